The molecule has 11 heteroatoms. The molecule has 2 aromatic carbocycles. The van der Waals surface area contributed by atoms with Crippen molar-refractivity contribution in [3.05, 3.63) is 121 Å². The van der Waals surface area contributed by atoms with Crippen molar-refractivity contribution in [1.82, 2.24) is 29.3 Å². The summed E-state index contributed by atoms with van der Waals surface area (Å²) in [6, 6.07) is 21.1. The average Bonchev–Trinajstić information content (AvgIpc) is 3.78. The van der Waals surface area contributed by atoms with Crippen molar-refractivity contribution in [2.45, 2.75) is 0 Å². The van der Waals surface area contributed by atoms with E-state index in [1.807, 2.05) is 66.3 Å². The van der Waals surface area contributed by atoms with E-state index in [1.165, 1.54) is 29.7 Å². The van der Waals surface area contributed by atoms with Crippen molar-refractivity contribution >= 4 is 33.1 Å². The molecule has 0 aliphatic rings. The average molecular weight is 588 g/mol. The van der Waals surface area contributed by atoms with Crippen LogP contribution >= 0.6 is 11.3 Å². The summed E-state index contributed by atoms with van der Waals surface area (Å²) >= 11 is 1.47. The second kappa shape index (κ2) is 11.0. The van der Waals surface area contributed by atoms with Crippen molar-refractivity contribution in [2.75, 3.05) is 5.32 Å². The maximum absolute atomic E-state index is 15.3. The number of anilines is 1. The lowest BCUT2D eigenvalue weighted by Crippen LogP contribution is -2.13. The minimum atomic E-state index is -0.626. The molecule has 0 aliphatic carbocycles. The molecule has 0 radical (unpaired) electrons. The molecule has 0 saturated heterocycles. The molecule has 1 amide bonds. The fourth-order valence-corrected chi connectivity index (χ4v) is 5.73. The van der Waals surface area contributed by atoms with Crippen LogP contribution < -0.4 is 10.1 Å². The Labute approximate surface area is 248 Å². The van der Waals surface area contributed by atoms with Gasteiger partial charge in [0.15, 0.2) is 11.6 Å². The molecule has 0 spiro atoms. The molecule has 43 heavy (non-hydrogen) atoms. The number of thiophene rings is 1. The van der Waals surface area contributed by atoms with Crippen LogP contribution in [0.2, 0.25) is 0 Å². The zero-order chi connectivity index (χ0) is 29.3. The van der Waals surface area contributed by atoms with E-state index in [0.717, 1.165) is 32.0 Å². The first kappa shape index (κ1) is 26.2. The summed E-state index contributed by atoms with van der Waals surface area (Å²) in [6.45, 7) is 0. The van der Waals surface area contributed by atoms with Crippen LogP contribution in [0.4, 0.5) is 10.1 Å². The summed E-state index contributed by atoms with van der Waals surface area (Å²) < 4.78 is 25.6. The van der Waals surface area contributed by atoms with Crippen LogP contribution in [0.5, 0.6) is 11.5 Å². The second-order valence-corrected chi connectivity index (χ2v) is 10.7. The van der Waals surface area contributed by atoms with E-state index in [1.54, 1.807) is 41.7 Å². The standard InChI is InChI=1S/C32H22FN7O2S/c1-39-18-26(36-19-39)29-16-25-31(43-29)28(11-14-35-25)42-27-8-7-21(15-24(27)33)38-32(41)23-17-37-40(22-5-3-2-4-6-22)30(23)20-9-12-34-13-10-20/h2-19H,1H3,(H,38,41). The van der Waals surface area contributed by atoms with Gasteiger partial charge in [-0.2, -0.15) is 5.10 Å². The van der Waals surface area contributed by atoms with Crippen LogP contribution in [0.25, 0.3) is 37.7 Å². The number of rotatable bonds is 7. The Morgan fingerprint density at radius 1 is 0.953 bits per heavy atom. The number of aromatic nitrogens is 6. The van der Waals surface area contributed by atoms with Crippen molar-refractivity contribution in [1.29, 1.82) is 0 Å². The highest BCUT2D eigenvalue weighted by Crippen LogP contribution is 2.39. The van der Waals surface area contributed by atoms with Crippen LogP contribution in [0.15, 0.2) is 110 Å². The Kier molecular flexibility index (Phi) is 6.68. The quantitative estimate of drug-likeness (QED) is 0.213. The molecule has 0 fully saturated rings. The molecule has 1 N–H and O–H groups in total. The zero-order valence-electron chi connectivity index (χ0n) is 22.7. The van der Waals surface area contributed by atoms with E-state index in [9.17, 15) is 4.79 Å². The van der Waals surface area contributed by atoms with Crippen molar-refractivity contribution in [2.24, 2.45) is 7.05 Å². The van der Waals surface area contributed by atoms with Crippen LogP contribution in [-0.2, 0) is 7.05 Å². The largest absolute Gasteiger partial charge is 0.453 e. The van der Waals surface area contributed by atoms with Gasteiger partial charge in [-0.15, -0.1) is 11.3 Å². The van der Waals surface area contributed by atoms with E-state index in [-0.39, 0.29) is 11.4 Å². The van der Waals surface area contributed by atoms with E-state index >= 15 is 4.39 Å². The predicted molar refractivity (Wildman–Crippen MR) is 163 cm³/mol. The molecule has 7 rings (SSSR count). The number of fused-ring (bicyclic) bond motifs is 1. The summed E-state index contributed by atoms with van der Waals surface area (Å²) in [5.41, 5.74) is 4.31. The van der Waals surface area contributed by atoms with Gasteiger partial charge in [-0.05, 0) is 42.5 Å². The van der Waals surface area contributed by atoms with Crippen LogP contribution in [0, 0.1) is 5.82 Å². The molecule has 9 nitrogen and oxygen atoms in total. The van der Waals surface area contributed by atoms with Gasteiger partial charge in [0, 0.05) is 55.2 Å². The van der Waals surface area contributed by atoms with Gasteiger partial charge in [-0.25, -0.2) is 14.1 Å². The number of aryl methyl sites for hydroxylation is 1. The number of carbonyl (C=O) groups excluding carboxylic acids is 1. The number of amides is 1. The minimum Gasteiger partial charge on any atom is -0.453 e. The number of hydrogen-bond donors (Lipinski definition) is 1. The third kappa shape index (κ3) is 5.13. The van der Waals surface area contributed by atoms with Gasteiger partial charge in [0.1, 0.15) is 5.75 Å². The lowest BCUT2D eigenvalue weighted by atomic mass is 10.1. The number of hydrogen-bond acceptors (Lipinski definition) is 7. The maximum Gasteiger partial charge on any atom is 0.259 e. The van der Waals surface area contributed by atoms with Gasteiger partial charge in [-0.3, -0.25) is 14.8 Å². The maximum atomic E-state index is 15.3. The molecule has 210 valence electrons. The number of halogens is 1. The molecule has 0 atom stereocenters. The predicted octanol–water partition coefficient (Wildman–Crippen LogP) is 7.13. The van der Waals surface area contributed by atoms with E-state index in [0.29, 0.717) is 17.0 Å². The molecule has 0 saturated carbocycles. The first-order chi connectivity index (χ1) is 21.0. The summed E-state index contributed by atoms with van der Waals surface area (Å²) in [6.07, 6.45) is 10.1. The Hall–Kier alpha value is -5.68. The van der Waals surface area contributed by atoms with Crippen molar-refractivity contribution in [3.63, 3.8) is 0 Å². The van der Waals surface area contributed by atoms with E-state index in [4.69, 9.17) is 4.74 Å². The third-order valence-corrected chi connectivity index (χ3v) is 7.87. The summed E-state index contributed by atoms with van der Waals surface area (Å²) in [7, 11) is 1.91. The normalized spacial score (nSPS) is 11.1. The van der Waals surface area contributed by atoms with Gasteiger partial charge < -0.3 is 14.6 Å². The Morgan fingerprint density at radius 3 is 2.56 bits per heavy atom. The minimum absolute atomic E-state index is 0.0210. The summed E-state index contributed by atoms with van der Waals surface area (Å²) in [5.74, 6) is -0.562. The van der Waals surface area contributed by atoms with Gasteiger partial charge >= 0.3 is 0 Å². The fourth-order valence-electron chi connectivity index (χ4n) is 4.71. The van der Waals surface area contributed by atoms with Crippen LogP contribution in [-0.4, -0.2) is 35.2 Å². The zero-order valence-corrected chi connectivity index (χ0v) is 23.5. The number of ether oxygens (including phenoxy) is 1. The number of imidazole rings is 1. The summed E-state index contributed by atoms with van der Waals surface area (Å²) in [5, 5.41) is 7.28. The first-order valence-electron chi connectivity index (χ1n) is 13.2. The smallest absolute Gasteiger partial charge is 0.259 e. The number of carbonyl (C=O) groups is 1. The van der Waals surface area contributed by atoms with Crippen LogP contribution in [0.1, 0.15) is 10.4 Å². The highest BCUT2D eigenvalue weighted by atomic mass is 32.1. The number of nitrogens with zero attached hydrogens (tertiary/aromatic N) is 6. The van der Waals surface area contributed by atoms with Gasteiger partial charge in [0.25, 0.3) is 5.91 Å². The lowest BCUT2D eigenvalue weighted by molar-refractivity contribution is 0.102. The lowest BCUT2D eigenvalue weighted by Gasteiger charge is -2.12. The number of pyridine rings is 2. The van der Waals surface area contributed by atoms with Crippen molar-refractivity contribution in [3.8, 4) is 39.0 Å². The fraction of sp³-hybridized carbons (Fsp3) is 0.0312. The number of benzene rings is 2. The van der Waals surface area contributed by atoms with Gasteiger partial charge in [-0.1, -0.05) is 18.2 Å². The molecule has 0 unspecified atom stereocenters. The Morgan fingerprint density at radius 2 is 1.79 bits per heavy atom. The first-order valence-corrected chi connectivity index (χ1v) is 14.0. The molecule has 0 aliphatic heterocycles. The Balaban J connectivity index is 1.15. The monoisotopic (exact) mass is 587 g/mol. The molecule has 7 aromatic rings. The van der Waals surface area contributed by atoms with Crippen LogP contribution in [0.3, 0.4) is 0 Å². The van der Waals surface area contributed by atoms with Gasteiger partial charge in [0.05, 0.1) is 50.3 Å². The molecule has 5 aromatic heterocycles. The molecule has 0 bridgehead atoms. The van der Waals surface area contributed by atoms with E-state index in [2.05, 4.69) is 25.4 Å². The molecular weight excluding hydrogens is 565 g/mol. The summed E-state index contributed by atoms with van der Waals surface area (Å²) in [4.78, 5) is 27.3. The molecular formula is C32H22FN7O2S. The Bertz CT molecular complexity index is 2090. The molecule has 5 heterocycles. The van der Waals surface area contributed by atoms with E-state index < -0.39 is 11.7 Å². The second-order valence-electron chi connectivity index (χ2n) is 9.65. The highest BCUT2D eigenvalue weighted by Gasteiger charge is 2.21. The van der Waals surface area contributed by atoms with Crippen molar-refractivity contribution < 1.29 is 13.9 Å². The third-order valence-electron chi connectivity index (χ3n) is 6.71. The highest BCUT2D eigenvalue weighted by molar-refractivity contribution is 7.22. The number of para-hydroxylation sites is 1. The van der Waals surface area contributed by atoms with Gasteiger partial charge in [0.2, 0.25) is 0 Å². The topological polar surface area (TPSA) is 99.7 Å². The number of nitrogens with one attached hydrogen (secondary N) is 1. The SMILES string of the molecule is Cn1cnc(-c2cc3nccc(Oc4ccc(NC(=O)c5cnn(-c6ccccc6)c5-c5ccncc5)cc4F)c3s2)c1.